The maximum atomic E-state index is 12.2. The van der Waals surface area contributed by atoms with E-state index in [9.17, 15) is 9.59 Å². The summed E-state index contributed by atoms with van der Waals surface area (Å²) in [6, 6.07) is 11.8. The van der Waals surface area contributed by atoms with Crippen LogP contribution < -0.4 is 5.32 Å². The molecule has 6 heteroatoms. The number of nitrogens with one attached hydrogen (secondary N) is 1. The summed E-state index contributed by atoms with van der Waals surface area (Å²) in [6.45, 7) is 0. The second-order valence-electron chi connectivity index (χ2n) is 4.35. The molecule has 0 radical (unpaired) electrons. The van der Waals surface area contributed by atoms with Crippen LogP contribution in [0.25, 0.3) is 0 Å². The van der Waals surface area contributed by atoms with Gasteiger partial charge in [-0.3, -0.25) is 9.59 Å². The molecule has 0 bridgehead atoms. The van der Waals surface area contributed by atoms with Gasteiger partial charge in [0.2, 0.25) is 0 Å². The third-order valence-corrected chi connectivity index (χ3v) is 3.89. The van der Waals surface area contributed by atoms with Gasteiger partial charge in [0.15, 0.2) is 0 Å². The smallest absolute Gasteiger partial charge is 0.307 e. The van der Waals surface area contributed by atoms with Crippen molar-refractivity contribution in [1.82, 2.24) is 0 Å². The van der Waals surface area contributed by atoms with Crippen molar-refractivity contribution in [1.29, 1.82) is 0 Å². The highest BCUT2D eigenvalue weighted by atomic mass is 127. The van der Waals surface area contributed by atoms with Crippen LogP contribution in [0.5, 0.6) is 0 Å². The van der Waals surface area contributed by atoms with E-state index in [0.717, 1.165) is 3.57 Å². The fourth-order valence-electron chi connectivity index (χ4n) is 1.80. The lowest BCUT2D eigenvalue weighted by atomic mass is 10.1. The molecular formula is C15H11ClINO3. The maximum absolute atomic E-state index is 12.2. The summed E-state index contributed by atoms with van der Waals surface area (Å²) in [5.74, 6) is -1.20. The SMILES string of the molecule is O=C(O)Cc1cccc(NC(=O)c2cc(Cl)ccc2I)c1. The van der Waals surface area contributed by atoms with Crippen LogP contribution in [0.15, 0.2) is 42.5 Å². The minimum atomic E-state index is -0.914. The van der Waals surface area contributed by atoms with E-state index in [2.05, 4.69) is 27.9 Å². The monoisotopic (exact) mass is 415 g/mol. The first-order valence-electron chi connectivity index (χ1n) is 6.03. The highest BCUT2D eigenvalue weighted by molar-refractivity contribution is 14.1. The number of halogens is 2. The van der Waals surface area contributed by atoms with Crippen molar-refractivity contribution in [3.8, 4) is 0 Å². The van der Waals surface area contributed by atoms with Gasteiger partial charge in [-0.15, -0.1) is 0 Å². The highest BCUT2D eigenvalue weighted by Gasteiger charge is 2.11. The van der Waals surface area contributed by atoms with E-state index in [1.807, 2.05) is 0 Å². The average molecular weight is 416 g/mol. The molecule has 4 nitrogen and oxygen atoms in total. The molecule has 0 aliphatic heterocycles. The van der Waals surface area contributed by atoms with Gasteiger partial charge in [0.25, 0.3) is 5.91 Å². The zero-order valence-electron chi connectivity index (χ0n) is 10.8. The van der Waals surface area contributed by atoms with Crippen molar-refractivity contribution in [2.45, 2.75) is 6.42 Å². The van der Waals surface area contributed by atoms with Crippen molar-refractivity contribution < 1.29 is 14.7 Å². The number of aliphatic carboxylic acids is 1. The zero-order chi connectivity index (χ0) is 15.4. The quantitative estimate of drug-likeness (QED) is 0.746. The summed E-state index contributed by atoms with van der Waals surface area (Å²) in [6.07, 6.45) is -0.0849. The Morgan fingerprint density at radius 2 is 1.95 bits per heavy atom. The van der Waals surface area contributed by atoms with E-state index >= 15 is 0 Å². The number of carboxylic acid groups (broad SMARTS) is 1. The predicted octanol–water partition coefficient (Wildman–Crippen LogP) is 3.82. The van der Waals surface area contributed by atoms with Gasteiger partial charge >= 0.3 is 5.97 Å². The van der Waals surface area contributed by atoms with Crippen molar-refractivity contribution in [3.63, 3.8) is 0 Å². The highest BCUT2D eigenvalue weighted by Crippen LogP contribution is 2.20. The van der Waals surface area contributed by atoms with Gasteiger partial charge in [-0.05, 0) is 58.5 Å². The number of benzene rings is 2. The van der Waals surface area contributed by atoms with E-state index in [0.29, 0.717) is 21.8 Å². The Kier molecular flexibility index (Phi) is 5.19. The van der Waals surface area contributed by atoms with E-state index in [-0.39, 0.29) is 12.3 Å². The maximum Gasteiger partial charge on any atom is 0.307 e. The lowest BCUT2D eigenvalue weighted by Gasteiger charge is -2.08. The molecule has 0 spiro atoms. The molecule has 2 aromatic carbocycles. The largest absolute Gasteiger partial charge is 0.481 e. The fraction of sp³-hybridized carbons (Fsp3) is 0.0667. The molecule has 0 saturated heterocycles. The Labute approximate surface area is 140 Å². The number of anilines is 1. The molecule has 0 atom stereocenters. The van der Waals surface area contributed by atoms with Gasteiger partial charge in [-0.25, -0.2) is 0 Å². The van der Waals surface area contributed by atoms with Crippen LogP contribution >= 0.6 is 34.2 Å². The third-order valence-electron chi connectivity index (χ3n) is 2.71. The second-order valence-corrected chi connectivity index (χ2v) is 5.95. The van der Waals surface area contributed by atoms with Gasteiger partial charge in [-0.2, -0.15) is 0 Å². The molecule has 21 heavy (non-hydrogen) atoms. The molecule has 0 heterocycles. The molecule has 2 rings (SSSR count). The molecule has 0 aliphatic rings. The fourth-order valence-corrected chi connectivity index (χ4v) is 2.56. The van der Waals surface area contributed by atoms with E-state index < -0.39 is 5.97 Å². The van der Waals surface area contributed by atoms with Crippen molar-refractivity contribution in [2.75, 3.05) is 5.32 Å². The van der Waals surface area contributed by atoms with E-state index in [1.165, 1.54) is 0 Å². The molecule has 108 valence electrons. The Hall–Kier alpha value is -1.60. The van der Waals surface area contributed by atoms with Gasteiger partial charge < -0.3 is 10.4 Å². The summed E-state index contributed by atoms with van der Waals surface area (Å²) in [5.41, 5.74) is 1.65. The minimum Gasteiger partial charge on any atom is -0.481 e. The lowest BCUT2D eigenvalue weighted by Crippen LogP contribution is -2.13. The van der Waals surface area contributed by atoms with Crippen LogP contribution in [-0.2, 0) is 11.2 Å². The lowest BCUT2D eigenvalue weighted by molar-refractivity contribution is -0.136. The van der Waals surface area contributed by atoms with E-state index in [4.69, 9.17) is 16.7 Å². The molecule has 1 amide bonds. The standard InChI is InChI=1S/C15H11ClINO3/c16-10-4-5-13(17)12(8-10)15(21)18-11-3-1-2-9(6-11)7-14(19)20/h1-6,8H,7H2,(H,18,21)(H,19,20). The van der Waals surface area contributed by atoms with Crippen LogP contribution in [0.4, 0.5) is 5.69 Å². The molecule has 0 unspecified atom stereocenters. The van der Waals surface area contributed by atoms with Crippen molar-refractivity contribution in [3.05, 3.63) is 62.2 Å². The Morgan fingerprint density at radius 1 is 1.19 bits per heavy atom. The number of hydrogen-bond donors (Lipinski definition) is 2. The number of carbonyl (C=O) groups excluding carboxylic acids is 1. The van der Waals surface area contributed by atoms with Gasteiger partial charge in [-0.1, -0.05) is 23.7 Å². The molecule has 0 saturated carbocycles. The van der Waals surface area contributed by atoms with Crippen LogP contribution in [0.1, 0.15) is 15.9 Å². The van der Waals surface area contributed by atoms with Gasteiger partial charge in [0, 0.05) is 14.3 Å². The zero-order valence-corrected chi connectivity index (χ0v) is 13.7. The van der Waals surface area contributed by atoms with Crippen LogP contribution in [0.2, 0.25) is 5.02 Å². The summed E-state index contributed by atoms with van der Waals surface area (Å²) in [4.78, 5) is 22.9. The molecular weight excluding hydrogens is 405 g/mol. The third kappa shape index (κ3) is 4.44. The summed E-state index contributed by atoms with van der Waals surface area (Å²) >= 11 is 7.96. The van der Waals surface area contributed by atoms with Crippen LogP contribution in [0, 0.1) is 3.57 Å². The molecule has 0 fully saturated rings. The first-order chi connectivity index (χ1) is 9.95. The molecule has 2 aromatic rings. The first-order valence-corrected chi connectivity index (χ1v) is 7.48. The molecule has 0 aliphatic carbocycles. The predicted molar refractivity (Wildman–Crippen MR) is 89.9 cm³/mol. The average Bonchev–Trinajstić information content (AvgIpc) is 2.41. The Bertz CT molecular complexity index is 703. The Balaban J connectivity index is 2.19. The number of carboxylic acids is 1. The minimum absolute atomic E-state index is 0.0849. The van der Waals surface area contributed by atoms with Gasteiger partial charge in [0.05, 0.1) is 12.0 Å². The topological polar surface area (TPSA) is 66.4 Å². The molecule has 2 N–H and O–H groups in total. The normalized spacial score (nSPS) is 10.2. The van der Waals surface area contributed by atoms with Crippen molar-refractivity contribution >= 4 is 51.8 Å². The van der Waals surface area contributed by atoms with Crippen LogP contribution in [-0.4, -0.2) is 17.0 Å². The van der Waals surface area contributed by atoms with Crippen LogP contribution in [0.3, 0.4) is 0 Å². The molecule has 0 aromatic heterocycles. The van der Waals surface area contributed by atoms with E-state index in [1.54, 1.807) is 42.5 Å². The summed E-state index contributed by atoms with van der Waals surface area (Å²) < 4.78 is 0.788. The van der Waals surface area contributed by atoms with Crippen molar-refractivity contribution in [2.24, 2.45) is 0 Å². The first kappa shape index (κ1) is 15.8. The Morgan fingerprint density at radius 3 is 2.67 bits per heavy atom. The summed E-state index contributed by atoms with van der Waals surface area (Å²) in [7, 11) is 0. The number of amides is 1. The number of rotatable bonds is 4. The second kappa shape index (κ2) is 6.91. The number of hydrogen-bond acceptors (Lipinski definition) is 2. The summed E-state index contributed by atoms with van der Waals surface area (Å²) in [5, 5.41) is 12.0. The number of carbonyl (C=O) groups is 2. The van der Waals surface area contributed by atoms with Gasteiger partial charge in [0.1, 0.15) is 0 Å².